The lowest BCUT2D eigenvalue weighted by Crippen LogP contribution is -2.13. The number of fused-ring (bicyclic) bond motifs is 1. The number of H-pyrrole nitrogens is 1. The van der Waals surface area contributed by atoms with Crippen LogP contribution < -0.4 is 5.73 Å². The Bertz CT molecular complexity index is 717. The number of primary amides is 1. The van der Waals surface area contributed by atoms with E-state index < -0.39 is 5.91 Å². The predicted molar refractivity (Wildman–Crippen MR) is 66.2 cm³/mol. The molecular formula is C11H8N4OS. The summed E-state index contributed by atoms with van der Waals surface area (Å²) in [6.07, 6.45) is 1.34. The highest BCUT2D eigenvalue weighted by Crippen LogP contribution is 2.14. The Labute approximate surface area is 102 Å². The summed E-state index contributed by atoms with van der Waals surface area (Å²) in [6.45, 7) is 0. The number of benzene rings is 1. The number of aromatic nitrogens is 2. The van der Waals surface area contributed by atoms with Crippen molar-refractivity contribution >= 4 is 35.4 Å². The Balaban J connectivity index is 2.72. The van der Waals surface area contributed by atoms with Gasteiger partial charge in [0, 0.05) is 6.20 Å². The van der Waals surface area contributed by atoms with Crippen molar-refractivity contribution in [1.82, 2.24) is 9.55 Å². The van der Waals surface area contributed by atoms with Gasteiger partial charge in [-0.05, 0) is 24.4 Å². The van der Waals surface area contributed by atoms with Crippen molar-refractivity contribution in [3.8, 4) is 6.07 Å². The molecule has 2 aromatic rings. The van der Waals surface area contributed by atoms with E-state index in [9.17, 15) is 4.79 Å². The molecule has 0 spiro atoms. The van der Waals surface area contributed by atoms with Gasteiger partial charge >= 0.3 is 0 Å². The Morgan fingerprint density at radius 1 is 1.53 bits per heavy atom. The van der Waals surface area contributed by atoms with Crippen LogP contribution in [-0.2, 0) is 4.79 Å². The molecule has 0 aliphatic rings. The largest absolute Gasteiger partial charge is 0.365 e. The molecule has 84 valence electrons. The Morgan fingerprint density at radius 2 is 2.24 bits per heavy atom. The molecule has 0 aliphatic heterocycles. The van der Waals surface area contributed by atoms with Crippen LogP contribution in [0.1, 0.15) is 0 Å². The lowest BCUT2D eigenvalue weighted by Gasteiger charge is -1.97. The van der Waals surface area contributed by atoms with Gasteiger partial charge in [0.25, 0.3) is 5.91 Å². The number of carbonyl (C=O) groups excluding carboxylic acids is 1. The third-order valence-corrected chi connectivity index (χ3v) is 2.57. The first-order valence-corrected chi connectivity index (χ1v) is 5.15. The first kappa shape index (κ1) is 11.1. The second-order valence-electron chi connectivity index (χ2n) is 3.34. The van der Waals surface area contributed by atoms with Crippen LogP contribution in [0.2, 0.25) is 0 Å². The van der Waals surface area contributed by atoms with Gasteiger partial charge < -0.3 is 10.7 Å². The van der Waals surface area contributed by atoms with Gasteiger partial charge in [-0.1, -0.05) is 12.1 Å². The highest BCUT2D eigenvalue weighted by atomic mass is 32.1. The number of para-hydroxylation sites is 2. The topological polar surface area (TPSA) is 87.6 Å². The zero-order valence-electron chi connectivity index (χ0n) is 8.68. The van der Waals surface area contributed by atoms with Crippen LogP contribution >= 0.6 is 12.2 Å². The summed E-state index contributed by atoms with van der Waals surface area (Å²) in [6, 6.07) is 9.12. The number of nitrogens with one attached hydrogen (secondary N) is 1. The van der Waals surface area contributed by atoms with Crippen LogP contribution in [0.25, 0.3) is 17.2 Å². The van der Waals surface area contributed by atoms with Crippen molar-refractivity contribution in [2.45, 2.75) is 0 Å². The van der Waals surface area contributed by atoms with Gasteiger partial charge in [-0.15, -0.1) is 0 Å². The van der Waals surface area contributed by atoms with E-state index in [2.05, 4.69) is 4.98 Å². The normalized spacial score (nSPS) is 11.4. The third-order valence-electron chi connectivity index (χ3n) is 2.27. The summed E-state index contributed by atoms with van der Waals surface area (Å²) < 4.78 is 1.95. The number of hydrogen-bond acceptors (Lipinski definition) is 3. The van der Waals surface area contributed by atoms with Gasteiger partial charge in [0.05, 0.1) is 11.0 Å². The molecule has 0 radical (unpaired) electrons. The van der Waals surface area contributed by atoms with E-state index in [-0.39, 0.29) is 5.57 Å². The van der Waals surface area contributed by atoms with Gasteiger partial charge in [0.1, 0.15) is 11.6 Å². The second-order valence-corrected chi connectivity index (χ2v) is 3.72. The van der Waals surface area contributed by atoms with Gasteiger partial charge in [0.15, 0.2) is 4.77 Å². The average molecular weight is 244 g/mol. The molecule has 0 aliphatic carbocycles. The minimum absolute atomic E-state index is 0.147. The van der Waals surface area contributed by atoms with Gasteiger partial charge in [-0.3, -0.25) is 9.36 Å². The number of nitriles is 1. The van der Waals surface area contributed by atoms with Crippen LogP contribution in [0.5, 0.6) is 0 Å². The molecule has 0 saturated carbocycles. The first-order valence-electron chi connectivity index (χ1n) is 4.74. The van der Waals surface area contributed by atoms with E-state index in [0.717, 1.165) is 11.0 Å². The van der Waals surface area contributed by atoms with Crippen LogP contribution in [-0.4, -0.2) is 15.5 Å². The van der Waals surface area contributed by atoms with Crippen molar-refractivity contribution in [2.24, 2.45) is 5.73 Å². The maximum absolute atomic E-state index is 11.0. The summed E-state index contributed by atoms with van der Waals surface area (Å²) in [7, 11) is 0. The SMILES string of the molecule is N#CC(=Cn1c(=S)[nH]c2ccccc21)C(N)=O. The van der Waals surface area contributed by atoms with Crippen molar-refractivity contribution in [3.05, 3.63) is 34.6 Å². The standard InChI is InChI=1S/C11H8N4OS/c12-5-7(10(13)16)6-15-9-4-2-1-3-8(9)14-11(15)17/h1-4,6H,(H2,13,16)(H,14,17). The molecule has 0 saturated heterocycles. The van der Waals surface area contributed by atoms with E-state index in [0.29, 0.717) is 4.77 Å². The number of aromatic amines is 1. The monoisotopic (exact) mass is 244 g/mol. The highest BCUT2D eigenvalue weighted by Gasteiger charge is 2.06. The van der Waals surface area contributed by atoms with E-state index >= 15 is 0 Å². The second kappa shape index (κ2) is 4.23. The molecule has 3 N–H and O–H groups in total. The van der Waals surface area contributed by atoms with Crippen molar-refractivity contribution < 1.29 is 4.79 Å². The quantitative estimate of drug-likeness (QED) is 0.477. The molecule has 0 unspecified atom stereocenters. The smallest absolute Gasteiger partial charge is 0.260 e. The number of hydrogen-bond donors (Lipinski definition) is 2. The summed E-state index contributed by atoms with van der Waals surface area (Å²) in [5.74, 6) is -0.778. The van der Waals surface area contributed by atoms with Crippen molar-refractivity contribution in [2.75, 3.05) is 0 Å². The molecule has 1 amide bonds. The molecule has 0 fully saturated rings. The summed E-state index contributed by atoms with van der Waals surface area (Å²) in [4.78, 5) is 13.9. The van der Waals surface area contributed by atoms with E-state index in [1.54, 1.807) is 10.6 Å². The lowest BCUT2D eigenvalue weighted by atomic mass is 10.3. The number of amides is 1. The van der Waals surface area contributed by atoms with E-state index in [1.165, 1.54) is 6.20 Å². The molecule has 6 heteroatoms. The molecule has 5 nitrogen and oxygen atoms in total. The van der Waals surface area contributed by atoms with Crippen LogP contribution in [0, 0.1) is 16.1 Å². The molecular weight excluding hydrogens is 236 g/mol. The number of rotatable bonds is 2. The zero-order valence-corrected chi connectivity index (χ0v) is 9.49. The Morgan fingerprint density at radius 3 is 2.88 bits per heavy atom. The number of nitrogens with zero attached hydrogens (tertiary/aromatic N) is 2. The fourth-order valence-corrected chi connectivity index (χ4v) is 1.74. The highest BCUT2D eigenvalue weighted by molar-refractivity contribution is 7.71. The minimum Gasteiger partial charge on any atom is -0.365 e. The molecule has 1 aromatic carbocycles. The molecule has 2 rings (SSSR count). The number of nitrogens with two attached hydrogens (primary N) is 1. The summed E-state index contributed by atoms with van der Waals surface area (Å²) >= 11 is 5.11. The Kier molecular flexibility index (Phi) is 2.77. The summed E-state index contributed by atoms with van der Waals surface area (Å²) in [5.41, 5.74) is 6.54. The van der Waals surface area contributed by atoms with E-state index in [1.807, 2.05) is 24.3 Å². The third kappa shape index (κ3) is 1.96. The van der Waals surface area contributed by atoms with Crippen molar-refractivity contribution in [1.29, 1.82) is 5.26 Å². The number of carbonyl (C=O) groups is 1. The molecule has 1 aromatic heterocycles. The van der Waals surface area contributed by atoms with Gasteiger partial charge in [0.2, 0.25) is 0 Å². The molecule has 0 bridgehead atoms. The predicted octanol–water partition coefficient (Wildman–Crippen LogP) is 1.55. The van der Waals surface area contributed by atoms with Gasteiger partial charge in [-0.25, -0.2) is 0 Å². The lowest BCUT2D eigenvalue weighted by molar-refractivity contribution is -0.114. The van der Waals surface area contributed by atoms with Crippen molar-refractivity contribution in [3.63, 3.8) is 0 Å². The maximum atomic E-state index is 11.0. The minimum atomic E-state index is -0.778. The molecule has 0 atom stereocenters. The Hall–Kier alpha value is -2.39. The fourth-order valence-electron chi connectivity index (χ4n) is 1.48. The van der Waals surface area contributed by atoms with Crippen LogP contribution in [0.15, 0.2) is 29.8 Å². The zero-order chi connectivity index (χ0) is 12.4. The van der Waals surface area contributed by atoms with Crippen LogP contribution in [0.3, 0.4) is 0 Å². The summed E-state index contributed by atoms with van der Waals surface area (Å²) in [5, 5.41) is 8.78. The molecule has 1 heterocycles. The van der Waals surface area contributed by atoms with Crippen LogP contribution in [0.4, 0.5) is 0 Å². The van der Waals surface area contributed by atoms with E-state index in [4.69, 9.17) is 23.2 Å². The first-order chi connectivity index (χ1) is 8.13. The van der Waals surface area contributed by atoms with Gasteiger partial charge in [-0.2, -0.15) is 5.26 Å². The fraction of sp³-hybridized carbons (Fsp3) is 0. The average Bonchev–Trinajstić information content (AvgIpc) is 2.61. The number of imidazole rings is 1. The maximum Gasteiger partial charge on any atom is 0.260 e. The molecule has 17 heavy (non-hydrogen) atoms.